The molecular formula is C15H26N2O. The van der Waals surface area contributed by atoms with Crippen LogP contribution in [0.5, 0.6) is 0 Å². The Bertz CT molecular complexity index is 341. The Morgan fingerprint density at radius 3 is 2.56 bits per heavy atom. The topological polar surface area (TPSA) is 49.5 Å². The minimum Gasteiger partial charge on any atom is -0.398 e. The quantitative estimate of drug-likeness (QED) is 0.698. The molecule has 0 radical (unpaired) electrons. The van der Waals surface area contributed by atoms with Crippen LogP contribution in [0, 0.1) is 0 Å². The second-order valence-corrected chi connectivity index (χ2v) is 4.72. The summed E-state index contributed by atoms with van der Waals surface area (Å²) in [6.07, 6.45) is 2.72. The zero-order chi connectivity index (χ0) is 13.4. The fourth-order valence-corrected chi connectivity index (χ4v) is 2.08. The average molecular weight is 250 g/mol. The summed E-state index contributed by atoms with van der Waals surface area (Å²) in [5, 5.41) is 10.2. The van der Waals surface area contributed by atoms with Gasteiger partial charge in [0, 0.05) is 17.8 Å². The SMILES string of the molecule is CCCCN(CC)CCC(O)c1ccccc1N. The van der Waals surface area contributed by atoms with Gasteiger partial charge in [-0.05, 0) is 32.0 Å². The minimum absolute atomic E-state index is 0.457. The molecule has 3 N–H and O–H groups in total. The molecule has 0 aliphatic rings. The van der Waals surface area contributed by atoms with Gasteiger partial charge >= 0.3 is 0 Å². The predicted molar refractivity (Wildman–Crippen MR) is 77.5 cm³/mol. The Morgan fingerprint density at radius 1 is 1.22 bits per heavy atom. The van der Waals surface area contributed by atoms with Gasteiger partial charge in [0.25, 0.3) is 0 Å². The maximum absolute atomic E-state index is 10.2. The molecule has 3 nitrogen and oxygen atoms in total. The van der Waals surface area contributed by atoms with Crippen LogP contribution >= 0.6 is 0 Å². The number of hydrogen-bond acceptors (Lipinski definition) is 3. The first-order valence-corrected chi connectivity index (χ1v) is 6.93. The van der Waals surface area contributed by atoms with E-state index in [9.17, 15) is 5.11 Å². The molecule has 0 aliphatic heterocycles. The van der Waals surface area contributed by atoms with Gasteiger partial charge in [-0.25, -0.2) is 0 Å². The molecule has 18 heavy (non-hydrogen) atoms. The van der Waals surface area contributed by atoms with Gasteiger partial charge in [-0.2, -0.15) is 0 Å². The summed E-state index contributed by atoms with van der Waals surface area (Å²) in [4.78, 5) is 2.38. The molecule has 1 rings (SSSR count). The molecule has 3 heteroatoms. The minimum atomic E-state index is -0.457. The molecule has 1 unspecified atom stereocenters. The smallest absolute Gasteiger partial charge is 0.0822 e. The highest BCUT2D eigenvalue weighted by atomic mass is 16.3. The first-order chi connectivity index (χ1) is 8.69. The van der Waals surface area contributed by atoms with Crippen molar-refractivity contribution in [1.82, 2.24) is 4.90 Å². The van der Waals surface area contributed by atoms with Crippen LogP contribution < -0.4 is 5.73 Å². The molecule has 0 bridgehead atoms. The first kappa shape index (κ1) is 15.0. The van der Waals surface area contributed by atoms with Gasteiger partial charge in [-0.3, -0.25) is 0 Å². The highest BCUT2D eigenvalue weighted by Gasteiger charge is 2.12. The molecule has 1 atom stereocenters. The van der Waals surface area contributed by atoms with Crippen LogP contribution in [0.1, 0.15) is 44.8 Å². The number of aliphatic hydroxyl groups excluding tert-OH is 1. The van der Waals surface area contributed by atoms with E-state index in [1.807, 2.05) is 24.3 Å². The highest BCUT2D eigenvalue weighted by molar-refractivity contribution is 5.47. The van der Waals surface area contributed by atoms with Crippen molar-refractivity contribution in [2.24, 2.45) is 0 Å². The molecule has 0 amide bonds. The molecule has 1 aromatic rings. The predicted octanol–water partition coefficient (Wildman–Crippen LogP) is 2.81. The molecule has 0 heterocycles. The zero-order valence-corrected chi connectivity index (χ0v) is 11.6. The molecule has 0 aromatic heterocycles. The van der Waals surface area contributed by atoms with Crippen molar-refractivity contribution in [3.05, 3.63) is 29.8 Å². The van der Waals surface area contributed by atoms with Crippen LogP contribution in [-0.4, -0.2) is 29.6 Å². The number of para-hydroxylation sites is 1. The van der Waals surface area contributed by atoms with Crippen LogP contribution in [0.15, 0.2) is 24.3 Å². The lowest BCUT2D eigenvalue weighted by Gasteiger charge is -2.22. The Morgan fingerprint density at radius 2 is 1.94 bits per heavy atom. The molecule has 0 fully saturated rings. The Balaban J connectivity index is 2.44. The maximum Gasteiger partial charge on any atom is 0.0822 e. The van der Waals surface area contributed by atoms with Gasteiger partial charge in [0.05, 0.1) is 6.10 Å². The van der Waals surface area contributed by atoms with Crippen LogP contribution in [0.25, 0.3) is 0 Å². The third-order valence-electron chi connectivity index (χ3n) is 3.35. The van der Waals surface area contributed by atoms with Gasteiger partial charge in [-0.1, -0.05) is 38.5 Å². The van der Waals surface area contributed by atoms with Crippen LogP contribution in [-0.2, 0) is 0 Å². The van der Waals surface area contributed by atoms with E-state index in [-0.39, 0.29) is 0 Å². The summed E-state index contributed by atoms with van der Waals surface area (Å²) < 4.78 is 0. The van der Waals surface area contributed by atoms with Crippen molar-refractivity contribution >= 4 is 5.69 Å². The van der Waals surface area contributed by atoms with Crippen LogP contribution in [0.3, 0.4) is 0 Å². The molecule has 102 valence electrons. The van der Waals surface area contributed by atoms with E-state index in [1.165, 1.54) is 12.8 Å². The average Bonchev–Trinajstić information content (AvgIpc) is 2.39. The molecule has 0 saturated heterocycles. The van der Waals surface area contributed by atoms with Gasteiger partial charge in [0.1, 0.15) is 0 Å². The first-order valence-electron chi connectivity index (χ1n) is 6.93. The summed E-state index contributed by atoms with van der Waals surface area (Å²) in [6, 6.07) is 7.56. The number of hydrogen-bond donors (Lipinski definition) is 2. The molecular weight excluding hydrogens is 224 g/mol. The van der Waals surface area contributed by atoms with Crippen molar-refractivity contribution in [2.45, 2.75) is 39.2 Å². The summed E-state index contributed by atoms with van der Waals surface area (Å²) in [5.41, 5.74) is 7.40. The molecule has 0 spiro atoms. The summed E-state index contributed by atoms with van der Waals surface area (Å²) >= 11 is 0. The number of aliphatic hydroxyl groups is 1. The maximum atomic E-state index is 10.2. The molecule has 0 aliphatic carbocycles. The number of nitrogens with two attached hydrogens (primary N) is 1. The van der Waals surface area contributed by atoms with Crippen LogP contribution in [0.2, 0.25) is 0 Å². The number of rotatable bonds is 8. The fraction of sp³-hybridized carbons (Fsp3) is 0.600. The Labute approximate surface area is 111 Å². The summed E-state index contributed by atoms with van der Waals surface area (Å²) in [5.74, 6) is 0. The molecule has 0 saturated carbocycles. The van der Waals surface area contributed by atoms with Crippen molar-refractivity contribution in [3.63, 3.8) is 0 Å². The number of nitrogens with zero attached hydrogens (tertiary/aromatic N) is 1. The third kappa shape index (κ3) is 4.67. The highest BCUT2D eigenvalue weighted by Crippen LogP contribution is 2.22. The van der Waals surface area contributed by atoms with Gasteiger partial charge in [0.15, 0.2) is 0 Å². The lowest BCUT2D eigenvalue weighted by Crippen LogP contribution is -2.27. The standard InChI is InChI=1S/C15H26N2O/c1-3-5-11-17(4-2)12-10-15(18)13-8-6-7-9-14(13)16/h6-9,15,18H,3-5,10-12,16H2,1-2H3. The van der Waals surface area contributed by atoms with Gasteiger partial charge in [-0.15, -0.1) is 0 Å². The lowest BCUT2D eigenvalue weighted by molar-refractivity contribution is 0.143. The summed E-state index contributed by atoms with van der Waals surface area (Å²) in [7, 11) is 0. The Kier molecular flexibility index (Phi) is 6.76. The fourth-order valence-electron chi connectivity index (χ4n) is 2.08. The van der Waals surface area contributed by atoms with Crippen molar-refractivity contribution in [3.8, 4) is 0 Å². The number of unbranched alkanes of at least 4 members (excludes halogenated alkanes) is 1. The number of nitrogen functional groups attached to an aromatic ring is 1. The second-order valence-electron chi connectivity index (χ2n) is 4.72. The van der Waals surface area contributed by atoms with Crippen molar-refractivity contribution < 1.29 is 5.11 Å². The lowest BCUT2D eigenvalue weighted by atomic mass is 10.0. The monoisotopic (exact) mass is 250 g/mol. The van der Waals surface area contributed by atoms with Crippen molar-refractivity contribution in [2.75, 3.05) is 25.4 Å². The van der Waals surface area contributed by atoms with Gasteiger partial charge in [0.2, 0.25) is 0 Å². The number of anilines is 1. The van der Waals surface area contributed by atoms with E-state index in [2.05, 4.69) is 18.7 Å². The largest absolute Gasteiger partial charge is 0.398 e. The Hall–Kier alpha value is -1.06. The number of benzene rings is 1. The molecule has 1 aromatic carbocycles. The van der Waals surface area contributed by atoms with E-state index in [0.717, 1.165) is 31.6 Å². The van der Waals surface area contributed by atoms with E-state index < -0.39 is 6.10 Å². The van der Waals surface area contributed by atoms with E-state index >= 15 is 0 Å². The van der Waals surface area contributed by atoms with E-state index in [4.69, 9.17) is 5.73 Å². The third-order valence-corrected chi connectivity index (χ3v) is 3.35. The van der Waals surface area contributed by atoms with E-state index in [1.54, 1.807) is 0 Å². The second kappa shape index (κ2) is 8.11. The zero-order valence-electron chi connectivity index (χ0n) is 11.6. The normalized spacial score (nSPS) is 12.9. The van der Waals surface area contributed by atoms with Crippen LogP contribution in [0.4, 0.5) is 5.69 Å². The van der Waals surface area contributed by atoms with Gasteiger partial charge < -0.3 is 15.7 Å². The van der Waals surface area contributed by atoms with Crippen molar-refractivity contribution in [1.29, 1.82) is 0 Å². The van der Waals surface area contributed by atoms with E-state index in [0.29, 0.717) is 5.69 Å². The summed E-state index contributed by atoms with van der Waals surface area (Å²) in [6.45, 7) is 7.44.